The summed E-state index contributed by atoms with van der Waals surface area (Å²) >= 11 is 0. The van der Waals surface area contributed by atoms with Gasteiger partial charge in [-0.25, -0.2) is 0 Å². The molecule has 0 saturated carbocycles. The number of rotatable bonds is 18. The number of hydrogen-bond donors (Lipinski definition) is 2. The quantitative estimate of drug-likeness (QED) is 0.133. The van der Waals surface area contributed by atoms with E-state index < -0.39 is 0 Å². The van der Waals surface area contributed by atoms with Crippen molar-refractivity contribution in [1.82, 2.24) is 10.6 Å². The molecule has 0 aliphatic rings. The Labute approximate surface area is 213 Å². The van der Waals surface area contributed by atoms with Crippen molar-refractivity contribution in [3.63, 3.8) is 0 Å². The fourth-order valence-electron chi connectivity index (χ4n) is 3.90. The smallest absolute Gasteiger partial charge is 0.185 e. The average Bonchev–Trinajstić information content (AvgIpc) is 2.91. The lowest BCUT2D eigenvalue weighted by atomic mass is 10.0. The van der Waals surface area contributed by atoms with Crippen LogP contribution in [0.2, 0.25) is 0 Å². The highest BCUT2D eigenvalue weighted by Crippen LogP contribution is 2.20. The second-order valence-electron chi connectivity index (χ2n) is 8.87. The van der Waals surface area contributed by atoms with Crippen LogP contribution in [-0.4, -0.2) is 27.3 Å². The normalized spacial score (nSPS) is 12.4. The summed E-state index contributed by atoms with van der Waals surface area (Å²) in [6.07, 6.45) is 17.6. The second-order valence-corrected chi connectivity index (χ2v) is 8.87. The first-order chi connectivity index (χ1) is 17.2. The Morgan fingerprint density at radius 2 is 1.34 bits per heavy atom. The molecule has 2 aromatic carbocycles. The van der Waals surface area contributed by atoms with Crippen molar-refractivity contribution in [2.24, 2.45) is 0 Å². The van der Waals surface area contributed by atoms with Gasteiger partial charge in [-0.1, -0.05) is 64.5 Å². The molecule has 1 atom stereocenters. The van der Waals surface area contributed by atoms with Gasteiger partial charge in [0.25, 0.3) is 0 Å². The molecule has 35 heavy (non-hydrogen) atoms. The Hall–Kier alpha value is -2.81. The Balaban J connectivity index is 2.16. The van der Waals surface area contributed by atoms with Crippen molar-refractivity contribution in [2.75, 3.05) is 27.3 Å². The second kappa shape index (κ2) is 17.6. The van der Waals surface area contributed by atoms with Crippen LogP contribution < -0.4 is 20.1 Å². The number of allylic oxidation sites excluding steroid dienone is 2. The molecule has 0 radical (unpaired) electrons. The largest absolute Gasteiger partial charge is 0.497 e. The van der Waals surface area contributed by atoms with Crippen molar-refractivity contribution in [3.8, 4) is 11.5 Å². The van der Waals surface area contributed by atoms with Gasteiger partial charge < -0.3 is 20.1 Å². The zero-order valence-electron chi connectivity index (χ0n) is 22.2. The molecular weight excluding hydrogens is 432 g/mol. The number of methoxy groups -OCH3 is 2. The van der Waals surface area contributed by atoms with Crippen LogP contribution >= 0.6 is 0 Å². The molecule has 0 amide bonds. The highest BCUT2D eigenvalue weighted by atomic mass is 16.5. The number of unbranched alkanes of at least 4 members (excludes halogenated alkanes) is 6. The van der Waals surface area contributed by atoms with E-state index >= 15 is 0 Å². The topological polar surface area (TPSA) is 42.5 Å². The molecule has 4 heteroatoms. The minimum absolute atomic E-state index is 0.0976. The maximum absolute atomic E-state index is 5.34. The first-order valence-electron chi connectivity index (χ1n) is 13.3. The van der Waals surface area contributed by atoms with Crippen molar-refractivity contribution >= 4 is 5.70 Å². The van der Waals surface area contributed by atoms with Crippen LogP contribution in [0.3, 0.4) is 0 Å². The van der Waals surface area contributed by atoms with E-state index in [1.165, 1.54) is 56.9 Å². The van der Waals surface area contributed by atoms with E-state index in [0.29, 0.717) is 0 Å². The maximum atomic E-state index is 5.34. The van der Waals surface area contributed by atoms with Gasteiger partial charge in [0.05, 0.1) is 38.0 Å². The highest BCUT2D eigenvalue weighted by molar-refractivity contribution is 5.65. The third-order valence-electron chi connectivity index (χ3n) is 6.11. The summed E-state index contributed by atoms with van der Waals surface area (Å²) < 4.78 is 10.7. The minimum atomic E-state index is 0.0976. The number of benzene rings is 2. The summed E-state index contributed by atoms with van der Waals surface area (Å²) in [5.41, 5.74) is 3.42. The van der Waals surface area contributed by atoms with Crippen LogP contribution in [0.15, 0.2) is 60.7 Å². The Morgan fingerprint density at radius 3 is 1.91 bits per heavy atom. The van der Waals surface area contributed by atoms with Gasteiger partial charge >= 0.3 is 0 Å². The third-order valence-corrected chi connectivity index (χ3v) is 6.11. The third kappa shape index (κ3) is 11.0. The number of ether oxygens (including phenoxy) is 2. The van der Waals surface area contributed by atoms with Crippen LogP contribution in [0.25, 0.3) is 5.70 Å². The van der Waals surface area contributed by atoms with Gasteiger partial charge in [-0.15, -0.1) is 0 Å². The fraction of sp³-hybridized carbons (Fsp3) is 0.484. The fourth-order valence-corrected chi connectivity index (χ4v) is 3.90. The zero-order valence-corrected chi connectivity index (χ0v) is 22.2. The van der Waals surface area contributed by atoms with E-state index in [1.54, 1.807) is 14.2 Å². The molecule has 0 fully saturated rings. The molecule has 0 bridgehead atoms. The minimum Gasteiger partial charge on any atom is -0.497 e. The Morgan fingerprint density at radius 1 is 0.771 bits per heavy atom. The van der Waals surface area contributed by atoms with Crippen molar-refractivity contribution in [3.05, 3.63) is 77.9 Å². The van der Waals surface area contributed by atoms with E-state index in [0.717, 1.165) is 35.8 Å². The van der Waals surface area contributed by atoms with Gasteiger partial charge in [-0.2, -0.15) is 0 Å². The van der Waals surface area contributed by atoms with E-state index in [2.05, 4.69) is 67.0 Å². The molecule has 0 aliphatic carbocycles. The molecule has 0 aromatic heterocycles. The summed E-state index contributed by atoms with van der Waals surface area (Å²) in [4.78, 5) is 0. The van der Waals surface area contributed by atoms with Crippen molar-refractivity contribution < 1.29 is 9.47 Å². The summed E-state index contributed by atoms with van der Waals surface area (Å²) in [5.74, 6) is 1.74. The summed E-state index contributed by atoms with van der Waals surface area (Å²) in [5, 5.41) is 7.33. The van der Waals surface area contributed by atoms with E-state index in [4.69, 9.17) is 9.47 Å². The molecule has 2 N–H and O–H groups in total. The maximum Gasteiger partial charge on any atom is 0.185 e. The molecule has 4 nitrogen and oxygen atoms in total. The molecule has 0 saturated heterocycles. The monoisotopic (exact) mass is 477 g/mol. The van der Waals surface area contributed by atoms with Crippen LogP contribution in [0.1, 0.15) is 82.4 Å². The van der Waals surface area contributed by atoms with E-state index in [-0.39, 0.29) is 6.04 Å². The van der Waals surface area contributed by atoms with Gasteiger partial charge in [-0.3, -0.25) is 0 Å². The van der Waals surface area contributed by atoms with Gasteiger partial charge in [0.2, 0.25) is 0 Å². The van der Waals surface area contributed by atoms with Crippen LogP contribution in [0, 0.1) is 6.08 Å². The van der Waals surface area contributed by atoms with E-state index in [1.807, 2.05) is 24.3 Å². The lowest BCUT2D eigenvalue weighted by Gasteiger charge is -2.14. The molecule has 0 spiro atoms. The Kier molecular flexibility index (Phi) is 14.3. The molecule has 190 valence electrons. The molecule has 2 aromatic rings. The number of nitrogens with one attached hydrogen (secondary N) is 2. The molecular formula is C31H45N2O2+. The van der Waals surface area contributed by atoms with Crippen LogP contribution in [-0.2, 0) is 0 Å². The summed E-state index contributed by atoms with van der Waals surface area (Å²) in [7, 11) is 3.40. The molecule has 1 unspecified atom stereocenters. The van der Waals surface area contributed by atoms with E-state index in [9.17, 15) is 0 Å². The zero-order chi connectivity index (χ0) is 25.1. The highest BCUT2D eigenvalue weighted by Gasteiger charge is 2.13. The predicted octanol–water partition coefficient (Wildman–Crippen LogP) is 7.49. The van der Waals surface area contributed by atoms with Crippen LogP contribution in [0.4, 0.5) is 0 Å². The lowest BCUT2D eigenvalue weighted by molar-refractivity contribution is 0.414. The van der Waals surface area contributed by atoms with Gasteiger partial charge in [0.15, 0.2) is 11.8 Å². The summed E-state index contributed by atoms with van der Waals surface area (Å²) in [6.45, 7) is 6.43. The van der Waals surface area contributed by atoms with Gasteiger partial charge in [-0.05, 0) is 61.3 Å². The average molecular weight is 478 g/mol. The lowest BCUT2D eigenvalue weighted by Crippen LogP contribution is -2.21. The van der Waals surface area contributed by atoms with Crippen LogP contribution in [0.5, 0.6) is 11.5 Å². The van der Waals surface area contributed by atoms with Gasteiger partial charge in [0.1, 0.15) is 11.5 Å². The van der Waals surface area contributed by atoms with Gasteiger partial charge in [0, 0.05) is 6.54 Å². The standard InChI is InChI=1S/C31H45N2O2/c1-5-7-9-11-24-32-30(26-16-20-28(34-3)21-17-26)14-13-15-31(33-25-12-10-8-6-2)27-18-22-29(35-4)23-19-27/h14-23,30,32-33H,5-12,24-25H2,1-4H3/q+1/b31-15+. The SMILES string of the molecule is CCCCCCN/C(=C/[C+]=CC(NCCCCCC)c1ccc(OC)cc1)c1ccc(OC)cc1. The first-order valence-corrected chi connectivity index (χ1v) is 13.3. The molecule has 0 heterocycles. The first kappa shape index (κ1) is 28.4. The Bertz CT molecular complexity index is 857. The molecule has 0 aliphatic heterocycles. The summed E-state index contributed by atoms with van der Waals surface area (Å²) in [6, 6.07) is 16.6. The van der Waals surface area contributed by atoms with Crippen molar-refractivity contribution in [1.29, 1.82) is 0 Å². The molecule has 2 rings (SSSR count). The number of hydrogen-bond acceptors (Lipinski definition) is 4. The van der Waals surface area contributed by atoms with Crippen molar-refractivity contribution in [2.45, 2.75) is 71.3 Å². The predicted molar refractivity (Wildman–Crippen MR) is 149 cm³/mol.